The van der Waals surface area contributed by atoms with Gasteiger partial charge in [-0.1, -0.05) is 18.2 Å². The van der Waals surface area contributed by atoms with E-state index in [-0.39, 0.29) is 17.9 Å². The Labute approximate surface area is 194 Å². The highest BCUT2D eigenvalue weighted by molar-refractivity contribution is 7.13. The van der Waals surface area contributed by atoms with Gasteiger partial charge in [-0.2, -0.15) is 0 Å². The van der Waals surface area contributed by atoms with Crippen LogP contribution in [-0.2, 0) is 4.79 Å². The van der Waals surface area contributed by atoms with Crippen LogP contribution in [0.4, 0.5) is 5.13 Å². The zero-order valence-electron chi connectivity index (χ0n) is 17.8. The summed E-state index contributed by atoms with van der Waals surface area (Å²) in [5, 5.41) is 2.63. The number of benzene rings is 2. The fourth-order valence-electron chi connectivity index (χ4n) is 4.35. The van der Waals surface area contributed by atoms with Crippen LogP contribution in [0, 0.1) is 0 Å². The summed E-state index contributed by atoms with van der Waals surface area (Å²) < 4.78 is 5.91. The topological polar surface area (TPSA) is 82.8 Å². The summed E-state index contributed by atoms with van der Waals surface area (Å²) in [4.78, 5) is 40.1. The molecule has 0 atom stereocenters. The van der Waals surface area contributed by atoms with Gasteiger partial charge in [0, 0.05) is 54.9 Å². The molecule has 33 heavy (non-hydrogen) atoms. The van der Waals surface area contributed by atoms with E-state index in [0.29, 0.717) is 43.2 Å². The first-order valence-corrected chi connectivity index (χ1v) is 11.7. The standard InChI is InChI=1S/C24H21N5O3S/c30-21-15-27(9-10-29(21)24-25-8-11-33-24)18-13-28(14-18)23(31)17-6-7-19-20(12-17)32-22(26-19)16-4-2-1-3-5-16/h1-8,11-12,18H,9-10,13-15H2. The van der Waals surface area contributed by atoms with Crippen LogP contribution >= 0.6 is 11.3 Å². The van der Waals surface area contributed by atoms with Crippen molar-refractivity contribution in [2.45, 2.75) is 6.04 Å². The number of piperazine rings is 1. The second-order valence-corrected chi connectivity index (χ2v) is 9.14. The van der Waals surface area contributed by atoms with Gasteiger partial charge < -0.3 is 9.32 Å². The van der Waals surface area contributed by atoms with Crippen molar-refractivity contribution in [3.63, 3.8) is 0 Å². The Bertz CT molecular complexity index is 1310. The number of thiazole rings is 1. The molecule has 2 amide bonds. The molecule has 2 saturated heterocycles. The fraction of sp³-hybridized carbons (Fsp3) is 0.250. The van der Waals surface area contributed by atoms with E-state index in [1.807, 2.05) is 46.7 Å². The third kappa shape index (κ3) is 3.69. The molecule has 0 spiro atoms. The minimum atomic E-state index is -0.0291. The normalized spacial score (nSPS) is 17.5. The Kier molecular flexibility index (Phi) is 4.92. The van der Waals surface area contributed by atoms with Crippen LogP contribution in [0.25, 0.3) is 22.6 Å². The second kappa shape index (κ2) is 8.09. The monoisotopic (exact) mass is 459 g/mol. The molecule has 2 fully saturated rings. The zero-order chi connectivity index (χ0) is 22.4. The SMILES string of the molecule is O=C(c1ccc2nc(-c3ccccc3)oc2c1)N1CC(N2CCN(c3nccs3)C(=O)C2)C1. The van der Waals surface area contributed by atoms with Gasteiger partial charge in [0.2, 0.25) is 11.8 Å². The number of oxazole rings is 1. The lowest BCUT2D eigenvalue weighted by molar-refractivity contribution is -0.123. The molecule has 4 heterocycles. The lowest BCUT2D eigenvalue weighted by Crippen LogP contribution is -2.65. The number of carbonyl (C=O) groups excluding carboxylic acids is 2. The van der Waals surface area contributed by atoms with E-state index >= 15 is 0 Å². The maximum atomic E-state index is 13.0. The van der Waals surface area contributed by atoms with Crippen LogP contribution in [0.5, 0.6) is 0 Å². The first-order chi connectivity index (χ1) is 16.2. The molecule has 2 aliphatic rings. The summed E-state index contributed by atoms with van der Waals surface area (Å²) in [5.74, 6) is 0.574. The van der Waals surface area contributed by atoms with Crippen molar-refractivity contribution in [1.29, 1.82) is 0 Å². The average Bonchev–Trinajstić information content (AvgIpc) is 3.48. The van der Waals surface area contributed by atoms with E-state index in [2.05, 4.69) is 14.9 Å². The molecule has 8 nitrogen and oxygen atoms in total. The van der Waals surface area contributed by atoms with Crippen LogP contribution in [-0.4, -0.2) is 70.3 Å². The highest BCUT2D eigenvalue weighted by Gasteiger charge is 2.39. The van der Waals surface area contributed by atoms with Crippen LogP contribution in [0.1, 0.15) is 10.4 Å². The lowest BCUT2D eigenvalue weighted by atomic mass is 10.0. The molecule has 0 aliphatic carbocycles. The molecule has 166 valence electrons. The Morgan fingerprint density at radius 2 is 1.94 bits per heavy atom. The molecule has 0 N–H and O–H groups in total. The maximum absolute atomic E-state index is 13.0. The number of hydrogen-bond donors (Lipinski definition) is 0. The quantitative estimate of drug-likeness (QED) is 0.466. The van der Waals surface area contributed by atoms with E-state index in [9.17, 15) is 9.59 Å². The molecule has 0 unspecified atom stereocenters. The molecule has 0 bridgehead atoms. The summed E-state index contributed by atoms with van der Waals surface area (Å²) in [6, 6.07) is 15.3. The largest absolute Gasteiger partial charge is 0.436 e. The number of amides is 2. The minimum Gasteiger partial charge on any atom is -0.436 e. The van der Waals surface area contributed by atoms with Gasteiger partial charge in [-0.3, -0.25) is 19.4 Å². The van der Waals surface area contributed by atoms with Gasteiger partial charge in [0.25, 0.3) is 5.91 Å². The molecule has 9 heteroatoms. The first kappa shape index (κ1) is 20.1. The molecule has 0 saturated carbocycles. The van der Waals surface area contributed by atoms with Crippen LogP contribution in [0.3, 0.4) is 0 Å². The van der Waals surface area contributed by atoms with Gasteiger partial charge in [-0.25, -0.2) is 9.97 Å². The third-order valence-electron chi connectivity index (χ3n) is 6.22. The van der Waals surface area contributed by atoms with Gasteiger partial charge in [0.1, 0.15) is 5.52 Å². The van der Waals surface area contributed by atoms with Crippen LogP contribution in [0.2, 0.25) is 0 Å². The highest BCUT2D eigenvalue weighted by atomic mass is 32.1. The van der Waals surface area contributed by atoms with Crippen molar-refractivity contribution in [3.8, 4) is 11.5 Å². The van der Waals surface area contributed by atoms with Crippen molar-refractivity contribution >= 4 is 39.4 Å². The molecule has 6 rings (SSSR count). The molecule has 2 aromatic carbocycles. The Hall–Kier alpha value is -3.56. The first-order valence-electron chi connectivity index (χ1n) is 10.8. The smallest absolute Gasteiger partial charge is 0.254 e. The summed E-state index contributed by atoms with van der Waals surface area (Å²) in [6.45, 7) is 3.01. The third-order valence-corrected chi connectivity index (χ3v) is 7.02. The van der Waals surface area contributed by atoms with Gasteiger partial charge in [-0.05, 0) is 30.3 Å². The van der Waals surface area contributed by atoms with E-state index in [0.717, 1.165) is 22.8 Å². The number of rotatable bonds is 4. The number of hydrogen-bond acceptors (Lipinski definition) is 7. The van der Waals surface area contributed by atoms with Gasteiger partial charge in [0.05, 0.1) is 6.54 Å². The van der Waals surface area contributed by atoms with Crippen molar-refractivity contribution in [2.75, 3.05) is 37.6 Å². The van der Waals surface area contributed by atoms with Crippen molar-refractivity contribution < 1.29 is 14.0 Å². The summed E-state index contributed by atoms with van der Waals surface area (Å²) in [6.07, 6.45) is 1.72. The van der Waals surface area contributed by atoms with Crippen LogP contribution in [0.15, 0.2) is 64.5 Å². The maximum Gasteiger partial charge on any atom is 0.254 e. The number of aromatic nitrogens is 2. The van der Waals surface area contributed by atoms with Gasteiger partial charge in [0.15, 0.2) is 10.7 Å². The number of nitrogens with zero attached hydrogens (tertiary/aromatic N) is 5. The predicted octanol–water partition coefficient (Wildman–Crippen LogP) is 3.12. The zero-order valence-corrected chi connectivity index (χ0v) is 18.6. The Morgan fingerprint density at radius 3 is 2.70 bits per heavy atom. The summed E-state index contributed by atoms with van der Waals surface area (Å²) in [7, 11) is 0. The molecule has 4 aromatic rings. The van der Waals surface area contributed by atoms with E-state index < -0.39 is 0 Å². The number of anilines is 1. The van der Waals surface area contributed by atoms with Gasteiger partial charge >= 0.3 is 0 Å². The lowest BCUT2D eigenvalue weighted by Gasteiger charge is -2.47. The van der Waals surface area contributed by atoms with Gasteiger partial charge in [-0.15, -0.1) is 11.3 Å². The summed E-state index contributed by atoms with van der Waals surface area (Å²) in [5.41, 5.74) is 2.81. The van der Waals surface area contributed by atoms with E-state index in [1.165, 1.54) is 11.3 Å². The van der Waals surface area contributed by atoms with Crippen molar-refractivity contribution in [3.05, 3.63) is 65.7 Å². The van der Waals surface area contributed by atoms with E-state index in [4.69, 9.17) is 4.42 Å². The minimum absolute atomic E-state index is 0.0291. The number of carbonyl (C=O) groups is 2. The van der Waals surface area contributed by atoms with Crippen molar-refractivity contribution in [2.24, 2.45) is 0 Å². The second-order valence-electron chi connectivity index (χ2n) is 8.26. The van der Waals surface area contributed by atoms with Crippen molar-refractivity contribution in [1.82, 2.24) is 19.8 Å². The molecule has 0 radical (unpaired) electrons. The number of fused-ring (bicyclic) bond motifs is 1. The molecule has 2 aliphatic heterocycles. The fourth-order valence-corrected chi connectivity index (χ4v) is 5.04. The average molecular weight is 460 g/mol. The highest BCUT2D eigenvalue weighted by Crippen LogP contribution is 2.27. The predicted molar refractivity (Wildman–Crippen MR) is 125 cm³/mol. The Morgan fingerprint density at radius 1 is 1.09 bits per heavy atom. The summed E-state index contributed by atoms with van der Waals surface area (Å²) >= 11 is 1.48. The van der Waals surface area contributed by atoms with E-state index in [1.54, 1.807) is 23.2 Å². The molecular weight excluding hydrogens is 438 g/mol. The molecular formula is C24H21N5O3S. The number of likely N-dealkylation sites (tertiary alicyclic amines) is 1. The van der Waals surface area contributed by atoms with Crippen LogP contribution < -0.4 is 4.90 Å². The molecule has 2 aromatic heterocycles. The Balaban J connectivity index is 1.10.